The van der Waals surface area contributed by atoms with E-state index in [-0.39, 0.29) is 25.2 Å². The summed E-state index contributed by atoms with van der Waals surface area (Å²) in [6, 6.07) is -0.346. The maximum Gasteiger partial charge on any atom is 0.323 e. The van der Waals surface area contributed by atoms with Gasteiger partial charge in [0.15, 0.2) is 0 Å². The first-order chi connectivity index (χ1) is 8.95. The van der Waals surface area contributed by atoms with Crippen LogP contribution in [0.1, 0.15) is 33.1 Å². The van der Waals surface area contributed by atoms with E-state index in [1.807, 2.05) is 13.8 Å². The molecule has 110 valence electrons. The summed E-state index contributed by atoms with van der Waals surface area (Å²) in [5.74, 6) is -0.674. The monoisotopic (exact) mass is 272 g/mol. The summed E-state index contributed by atoms with van der Waals surface area (Å²) in [5, 5.41) is 17.8. The molecule has 2 amide bonds. The van der Waals surface area contributed by atoms with Gasteiger partial charge in [-0.15, -0.1) is 0 Å². The van der Waals surface area contributed by atoms with Crippen molar-refractivity contribution in [3.05, 3.63) is 0 Å². The van der Waals surface area contributed by atoms with Gasteiger partial charge in [0.05, 0.1) is 0 Å². The van der Waals surface area contributed by atoms with Gasteiger partial charge in [0.1, 0.15) is 6.54 Å². The maximum absolute atomic E-state index is 12.4. The Labute approximate surface area is 114 Å². The number of piperidine rings is 1. The predicted octanol–water partition coefficient (Wildman–Crippen LogP) is 0.996. The molecule has 0 bridgehead atoms. The van der Waals surface area contributed by atoms with Crippen LogP contribution in [0, 0.1) is 5.92 Å². The van der Waals surface area contributed by atoms with Crippen molar-refractivity contribution in [3.8, 4) is 0 Å². The molecule has 2 N–H and O–H groups in total. The van der Waals surface area contributed by atoms with Crippen molar-refractivity contribution in [2.45, 2.75) is 39.2 Å². The number of carboxylic acid groups (broad SMARTS) is 1. The topological polar surface area (TPSA) is 81.1 Å². The number of carbonyl (C=O) groups is 2. The lowest BCUT2D eigenvalue weighted by atomic mass is 9.95. The van der Waals surface area contributed by atoms with Gasteiger partial charge in [-0.3, -0.25) is 4.79 Å². The lowest BCUT2D eigenvalue weighted by Gasteiger charge is -2.37. The van der Waals surface area contributed by atoms with Gasteiger partial charge in [-0.2, -0.15) is 0 Å². The first-order valence-corrected chi connectivity index (χ1v) is 6.84. The number of hydrogen-bond acceptors (Lipinski definition) is 3. The first-order valence-electron chi connectivity index (χ1n) is 6.84. The molecule has 1 saturated heterocycles. The smallest absolute Gasteiger partial charge is 0.323 e. The van der Waals surface area contributed by atoms with Crippen LogP contribution in [0.4, 0.5) is 4.79 Å². The summed E-state index contributed by atoms with van der Waals surface area (Å²) < 4.78 is 0. The molecule has 0 aromatic carbocycles. The van der Waals surface area contributed by atoms with Gasteiger partial charge in [-0.1, -0.05) is 0 Å². The van der Waals surface area contributed by atoms with Crippen molar-refractivity contribution in [1.82, 2.24) is 9.80 Å². The number of amides is 2. The molecule has 1 atom stereocenters. The second-order valence-corrected chi connectivity index (χ2v) is 5.36. The van der Waals surface area contributed by atoms with E-state index in [4.69, 9.17) is 10.2 Å². The fourth-order valence-corrected chi connectivity index (χ4v) is 2.46. The maximum atomic E-state index is 12.4. The highest BCUT2D eigenvalue weighted by atomic mass is 16.4. The second-order valence-electron chi connectivity index (χ2n) is 5.36. The summed E-state index contributed by atoms with van der Waals surface area (Å²) in [6.45, 7) is 4.78. The Morgan fingerprint density at radius 2 is 2.11 bits per heavy atom. The van der Waals surface area contributed by atoms with Crippen molar-refractivity contribution < 1.29 is 19.8 Å². The van der Waals surface area contributed by atoms with Crippen LogP contribution in [-0.2, 0) is 4.79 Å². The molecule has 0 spiro atoms. The third-order valence-electron chi connectivity index (χ3n) is 3.50. The molecule has 19 heavy (non-hydrogen) atoms. The van der Waals surface area contributed by atoms with Crippen molar-refractivity contribution in [3.63, 3.8) is 0 Å². The minimum absolute atomic E-state index is 0.135. The summed E-state index contributed by atoms with van der Waals surface area (Å²) in [6.07, 6.45) is 2.63. The molecule has 1 aliphatic rings. The Kier molecular flexibility index (Phi) is 6.08. The first kappa shape index (κ1) is 15.8. The molecule has 6 nitrogen and oxygen atoms in total. The predicted molar refractivity (Wildman–Crippen MR) is 70.9 cm³/mol. The Hall–Kier alpha value is -1.30. The molecule has 0 saturated carbocycles. The average molecular weight is 272 g/mol. The third-order valence-corrected chi connectivity index (χ3v) is 3.50. The Morgan fingerprint density at radius 1 is 1.42 bits per heavy atom. The van der Waals surface area contributed by atoms with E-state index in [2.05, 4.69) is 0 Å². The molecule has 0 radical (unpaired) electrons. The Morgan fingerprint density at radius 3 is 2.63 bits per heavy atom. The lowest BCUT2D eigenvalue weighted by Crippen LogP contribution is -2.51. The Bertz CT molecular complexity index is 318. The van der Waals surface area contributed by atoms with Gasteiger partial charge in [0.2, 0.25) is 0 Å². The minimum atomic E-state index is -0.994. The fraction of sp³-hybridized carbons (Fsp3) is 0.846. The number of nitrogens with zero attached hydrogens (tertiary/aromatic N) is 2. The molecule has 1 rings (SSSR count). The van der Waals surface area contributed by atoms with Crippen LogP contribution < -0.4 is 0 Å². The molecule has 1 fully saturated rings. The van der Waals surface area contributed by atoms with E-state index in [0.29, 0.717) is 25.4 Å². The number of aliphatic carboxylic acids is 1. The normalized spacial score (nSPS) is 19.6. The average Bonchev–Trinajstić information content (AvgIpc) is 2.35. The van der Waals surface area contributed by atoms with Crippen LogP contribution in [0.25, 0.3) is 0 Å². The fourth-order valence-electron chi connectivity index (χ4n) is 2.46. The number of carbonyl (C=O) groups excluding carboxylic acids is 1. The van der Waals surface area contributed by atoms with E-state index >= 15 is 0 Å². The quantitative estimate of drug-likeness (QED) is 0.782. The molecule has 1 heterocycles. The van der Waals surface area contributed by atoms with Crippen molar-refractivity contribution in [2.24, 2.45) is 5.92 Å². The van der Waals surface area contributed by atoms with Crippen LogP contribution in [0.5, 0.6) is 0 Å². The van der Waals surface area contributed by atoms with Gasteiger partial charge in [0.25, 0.3) is 0 Å². The highest BCUT2D eigenvalue weighted by molar-refractivity contribution is 5.80. The van der Waals surface area contributed by atoms with E-state index < -0.39 is 5.97 Å². The number of urea groups is 1. The van der Waals surface area contributed by atoms with Crippen LogP contribution in [0.3, 0.4) is 0 Å². The van der Waals surface area contributed by atoms with Gasteiger partial charge in [-0.25, -0.2) is 4.79 Å². The van der Waals surface area contributed by atoms with Gasteiger partial charge >= 0.3 is 12.0 Å². The SMILES string of the molecule is CC(C)N(CC(=O)O)C(=O)N1CCCC(CCO)C1. The van der Waals surface area contributed by atoms with Crippen LogP contribution in [-0.4, -0.2) is 64.3 Å². The van der Waals surface area contributed by atoms with Crippen LogP contribution in [0.15, 0.2) is 0 Å². The summed E-state index contributed by atoms with van der Waals surface area (Å²) in [7, 11) is 0. The third kappa shape index (κ3) is 4.70. The van der Waals surface area contributed by atoms with Crippen LogP contribution in [0.2, 0.25) is 0 Å². The molecule has 6 heteroatoms. The highest BCUT2D eigenvalue weighted by Crippen LogP contribution is 2.20. The van der Waals surface area contributed by atoms with Crippen molar-refractivity contribution in [2.75, 3.05) is 26.2 Å². The highest BCUT2D eigenvalue weighted by Gasteiger charge is 2.29. The zero-order valence-corrected chi connectivity index (χ0v) is 11.7. The molecule has 1 unspecified atom stereocenters. The van der Waals surface area contributed by atoms with Crippen LogP contribution >= 0.6 is 0 Å². The summed E-state index contributed by atoms with van der Waals surface area (Å²) in [5.41, 5.74) is 0. The summed E-state index contributed by atoms with van der Waals surface area (Å²) in [4.78, 5) is 26.3. The zero-order chi connectivity index (χ0) is 14.4. The molecular formula is C13H24N2O4. The van der Waals surface area contributed by atoms with E-state index in [1.165, 1.54) is 4.90 Å². The minimum Gasteiger partial charge on any atom is -0.480 e. The number of aliphatic hydroxyl groups excluding tert-OH is 1. The molecular weight excluding hydrogens is 248 g/mol. The molecule has 0 aliphatic carbocycles. The second kappa shape index (κ2) is 7.33. The van der Waals surface area contributed by atoms with Crippen molar-refractivity contribution in [1.29, 1.82) is 0 Å². The number of hydrogen-bond donors (Lipinski definition) is 2. The lowest BCUT2D eigenvalue weighted by molar-refractivity contribution is -0.138. The number of carboxylic acids is 1. The number of likely N-dealkylation sites (tertiary alicyclic amines) is 1. The zero-order valence-electron chi connectivity index (χ0n) is 11.7. The molecule has 1 aliphatic heterocycles. The Balaban J connectivity index is 2.65. The largest absolute Gasteiger partial charge is 0.480 e. The van der Waals surface area contributed by atoms with E-state index in [0.717, 1.165) is 12.8 Å². The molecule has 0 aromatic heterocycles. The van der Waals surface area contributed by atoms with Gasteiger partial charge in [-0.05, 0) is 39.0 Å². The standard InChI is InChI=1S/C13H24N2O4/c1-10(2)15(9-12(17)18)13(19)14-6-3-4-11(8-14)5-7-16/h10-11,16H,3-9H2,1-2H3,(H,17,18). The summed E-state index contributed by atoms with van der Waals surface area (Å²) >= 11 is 0. The van der Waals surface area contributed by atoms with E-state index in [1.54, 1.807) is 4.90 Å². The number of rotatable bonds is 5. The van der Waals surface area contributed by atoms with Gasteiger partial charge < -0.3 is 20.0 Å². The van der Waals surface area contributed by atoms with E-state index in [9.17, 15) is 9.59 Å². The van der Waals surface area contributed by atoms with Gasteiger partial charge in [0, 0.05) is 25.7 Å². The van der Waals surface area contributed by atoms with Crippen molar-refractivity contribution >= 4 is 12.0 Å². The number of aliphatic hydroxyl groups is 1. The molecule has 0 aromatic rings.